The van der Waals surface area contributed by atoms with Crippen LogP contribution in [0.25, 0.3) is 0 Å². The zero-order valence-electron chi connectivity index (χ0n) is 18.0. The molecule has 0 radical (unpaired) electrons. The van der Waals surface area contributed by atoms with Crippen LogP contribution in [0.2, 0.25) is 0 Å². The number of nitrogens with one attached hydrogen (secondary N) is 1. The molecule has 0 heterocycles. The van der Waals surface area contributed by atoms with Crippen LogP contribution in [0, 0.1) is 17.4 Å². The van der Waals surface area contributed by atoms with E-state index >= 15 is 0 Å². The van der Waals surface area contributed by atoms with E-state index in [1.165, 1.54) is 12.1 Å². The smallest absolute Gasteiger partial charge is 0.264 e. The first kappa shape index (κ1) is 23.9. The predicted molar refractivity (Wildman–Crippen MR) is 136 cm³/mol. The Morgan fingerprint density at radius 3 is 2.38 bits per heavy atom. The molecule has 0 spiro atoms. The van der Waals surface area contributed by atoms with Crippen LogP contribution in [0.3, 0.4) is 0 Å². The lowest BCUT2D eigenvalue weighted by Crippen LogP contribution is -2.40. The number of sulfonamides is 1. The molecular weight excluding hydrogens is 537 g/mol. The van der Waals surface area contributed by atoms with Gasteiger partial charge < -0.3 is 0 Å². The maximum Gasteiger partial charge on any atom is 0.264 e. The number of anilines is 1. The monoisotopic (exact) mass is 561 g/mol. The number of carbonyl (C=O) groups excluding carboxylic acids is 1. The van der Waals surface area contributed by atoms with Crippen molar-refractivity contribution in [2.24, 2.45) is 5.10 Å². The van der Waals surface area contributed by atoms with Crippen LogP contribution in [-0.4, -0.2) is 26.6 Å². The number of hydrogen-bond donors (Lipinski definition) is 1. The Morgan fingerprint density at radius 1 is 1.00 bits per heavy atom. The highest BCUT2D eigenvalue weighted by atomic mass is 127. The molecule has 3 aromatic carbocycles. The third-order valence-electron chi connectivity index (χ3n) is 5.05. The summed E-state index contributed by atoms with van der Waals surface area (Å²) in [5.41, 5.74) is 6.18. The molecule has 0 fully saturated rings. The summed E-state index contributed by atoms with van der Waals surface area (Å²) in [4.78, 5) is 12.9. The average molecular weight is 561 g/mol. The minimum Gasteiger partial charge on any atom is -0.271 e. The van der Waals surface area contributed by atoms with Crippen molar-refractivity contribution in [2.75, 3.05) is 10.8 Å². The number of hydrazone groups is 1. The van der Waals surface area contributed by atoms with Crippen molar-refractivity contribution in [1.82, 2.24) is 5.43 Å². The molecule has 0 aliphatic heterocycles. The largest absolute Gasteiger partial charge is 0.271 e. The number of aryl methyl sites for hydroxylation is 1. The first-order valence-corrected chi connectivity index (χ1v) is 12.4. The number of benzene rings is 3. The number of carbonyl (C=O) groups is 1. The molecular formula is C24H24IN3O3S. The second kappa shape index (κ2) is 10.3. The van der Waals surface area contributed by atoms with Gasteiger partial charge in [-0.25, -0.2) is 13.8 Å². The number of rotatable bonds is 7. The highest BCUT2D eigenvalue weighted by Crippen LogP contribution is 2.28. The van der Waals surface area contributed by atoms with Gasteiger partial charge in [-0.2, -0.15) is 5.10 Å². The molecule has 0 aliphatic rings. The van der Waals surface area contributed by atoms with Gasteiger partial charge in [0.15, 0.2) is 0 Å². The standard InChI is InChI=1S/C24H24IN3O3S/c1-17-9-7-14-23(18(17)2)28(32(30,31)22-12-5-4-6-13-22)16-24(29)27-26-19(3)20-10-8-11-21(25)15-20/h4-15H,16H2,1-3H3,(H,27,29)/b26-19-. The molecule has 1 amide bonds. The summed E-state index contributed by atoms with van der Waals surface area (Å²) in [6, 6.07) is 21.2. The molecule has 3 rings (SSSR count). The zero-order valence-corrected chi connectivity index (χ0v) is 21.0. The number of halogens is 1. The molecule has 0 saturated carbocycles. The van der Waals surface area contributed by atoms with Crippen molar-refractivity contribution < 1.29 is 13.2 Å². The van der Waals surface area contributed by atoms with Gasteiger partial charge in [0, 0.05) is 3.57 Å². The summed E-state index contributed by atoms with van der Waals surface area (Å²) < 4.78 is 29.1. The van der Waals surface area contributed by atoms with Crippen LogP contribution in [0.4, 0.5) is 5.69 Å². The minimum absolute atomic E-state index is 0.118. The quantitative estimate of drug-likeness (QED) is 0.259. The van der Waals surface area contributed by atoms with E-state index < -0.39 is 22.5 Å². The summed E-state index contributed by atoms with van der Waals surface area (Å²) in [5, 5.41) is 4.17. The summed E-state index contributed by atoms with van der Waals surface area (Å²) in [6.07, 6.45) is 0. The van der Waals surface area contributed by atoms with Crippen molar-refractivity contribution >= 4 is 49.9 Å². The molecule has 1 N–H and O–H groups in total. The Labute approximate surface area is 202 Å². The first-order chi connectivity index (χ1) is 15.2. The molecule has 6 nitrogen and oxygen atoms in total. The second-order valence-corrected chi connectivity index (χ2v) is 10.4. The minimum atomic E-state index is -3.96. The van der Waals surface area contributed by atoms with Gasteiger partial charge in [0.1, 0.15) is 6.54 Å². The number of nitrogens with zero attached hydrogens (tertiary/aromatic N) is 2. The second-order valence-electron chi connectivity index (χ2n) is 7.29. The Morgan fingerprint density at radius 2 is 1.69 bits per heavy atom. The Bertz CT molecular complexity index is 1260. The lowest BCUT2D eigenvalue weighted by atomic mass is 10.1. The number of amides is 1. The molecule has 8 heteroatoms. The van der Waals surface area contributed by atoms with E-state index in [1.54, 1.807) is 37.3 Å². The van der Waals surface area contributed by atoms with Crippen molar-refractivity contribution in [2.45, 2.75) is 25.7 Å². The molecule has 0 aliphatic carbocycles. The van der Waals surface area contributed by atoms with Crippen LogP contribution >= 0.6 is 22.6 Å². The summed E-state index contributed by atoms with van der Waals surface area (Å²) in [5.74, 6) is -0.532. The lowest BCUT2D eigenvalue weighted by molar-refractivity contribution is -0.119. The zero-order chi connectivity index (χ0) is 23.3. The summed E-state index contributed by atoms with van der Waals surface area (Å²) >= 11 is 2.21. The third-order valence-corrected chi connectivity index (χ3v) is 7.50. The summed E-state index contributed by atoms with van der Waals surface area (Å²) in [6.45, 7) is 5.13. The van der Waals surface area contributed by atoms with Gasteiger partial charge in [-0.05, 0) is 90.4 Å². The molecule has 0 bridgehead atoms. The van der Waals surface area contributed by atoms with Crippen LogP contribution in [0.1, 0.15) is 23.6 Å². The van der Waals surface area contributed by atoms with Gasteiger partial charge in [0.2, 0.25) is 0 Å². The third kappa shape index (κ3) is 5.55. The van der Waals surface area contributed by atoms with E-state index in [4.69, 9.17) is 0 Å². The van der Waals surface area contributed by atoms with E-state index in [0.717, 1.165) is 24.6 Å². The molecule has 0 unspecified atom stereocenters. The van der Waals surface area contributed by atoms with Crippen molar-refractivity contribution in [3.8, 4) is 0 Å². The van der Waals surface area contributed by atoms with Crippen molar-refractivity contribution in [3.63, 3.8) is 0 Å². The fourth-order valence-electron chi connectivity index (χ4n) is 3.12. The van der Waals surface area contributed by atoms with Crippen LogP contribution in [-0.2, 0) is 14.8 Å². The topological polar surface area (TPSA) is 78.8 Å². The van der Waals surface area contributed by atoms with Gasteiger partial charge in [0.25, 0.3) is 15.9 Å². The van der Waals surface area contributed by atoms with E-state index in [0.29, 0.717) is 11.4 Å². The van der Waals surface area contributed by atoms with Gasteiger partial charge >= 0.3 is 0 Å². The fraction of sp³-hybridized carbons (Fsp3) is 0.167. The van der Waals surface area contributed by atoms with Gasteiger partial charge in [-0.15, -0.1) is 0 Å². The summed E-state index contributed by atoms with van der Waals surface area (Å²) in [7, 11) is -3.96. The van der Waals surface area contributed by atoms with E-state index in [-0.39, 0.29) is 4.90 Å². The molecule has 0 saturated heterocycles. The van der Waals surface area contributed by atoms with Crippen molar-refractivity contribution in [1.29, 1.82) is 0 Å². The molecule has 166 valence electrons. The van der Waals surface area contributed by atoms with Crippen LogP contribution in [0.15, 0.2) is 82.8 Å². The first-order valence-electron chi connectivity index (χ1n) is 9.93. The fourth-order valence-corrected chi connectivity index (χ4v) is 5.16. The van der Waals surface area contributed by atoms with Crippen molar-refractivity contribution in [3.05, 3.63) is 93.1 Å². The Kier molecular flexibility index (Phi) is 7.68. The van der Waals surface area contributed by atoms with E-state index in [1.807, 2.05) is 44.2 Å². The molecule has 3 aromatic rings. The normalized spacial score (nSPS) is 11.8. The maximum atomic E-state index is 13.4. The van der Waals surface area contributed by atoms with Gasteiger partial charge in [-0.3, -0.25) is 9.10 Å². The Balaban J connectivity index is 1.91. The van der Waals surface area contributed by atoms with Gasteiger partial charge in [-0.1, -0.05) is 42.5 Å². The van der Waals surface area contributed by atoms with Gasteiger partial charge in [0.05, 0.1) is 16.3 Å². The molecule has 0 aromatic heterocycles. The van der Waals surface area contributed by atoms with E-state index in [9.17, 15) is 13.2 Å². The highest BCUT2D eigenvalue weighted by Gasteiger charge is 2.28. The predicted octanol–water partition coefficient (Wildman–Crippen LogP) is 4.64. The highest BCUT2D eigenvalue weighted by molar-refractivity contribution is 14.1. The van der Waals surface area contributed by atoms with Crippen LogP contribution in [0.5, 0.6) is 0 Å². The average Bonchev–Trinajstić information content (AvgIpc) is 2.78. The molecule has 32 heavy (non-hydrogen) atoms. The van der Waals surface area contributed by atoms with E-state index in [2.05, 4.69) is 33.1 Å². The maximum absolute atomic E-state index is 13.4. The SMILES string of the molecule is C/C(=N/NC(=O)CN(c1cccc(C)c1C)S(=O)(=O)c1ccccc1)c1cccc(I)c1. The number of hydrogen-bond acceptors (Lipinski definition) is 4. The molecule has 0 atom stereocenters. The lowest BCUT2D eigenvalue weighted by Gasteiger charge is -2.26. The van der Waals surface area contributed by atoms with Crippen LogP contribution < -0.4 is 9.73 Å². The Hall–Kier alpha value is -2.72.